The molecule has 2 N–H and O–H groups in total. The quantitative estimate of drug-likeness (QED) is 0.688. The van der Waals surface area contributed by atoms with Crippen molar-refractivity contribution in [3.63, 3.8) is 0 Å². The highest BCUT2D eigenvalue weighted by Gasteiger charge is 2.22. The van der Waals surface area contributed by atoms with Gasteiger partial charge in [-0.1, -0.05) is 0 Å². The molecule has 2 rings (SSSR count). The Balaban J connectivity index is 1.74. The number of hydrogen-bond acceptors (Lipinski definition) is 4. The summed E-state index contributed by atoms with van der Waals surface area (Å²) in [5.41, 5.74) is 0. The van der Waals surface area contributed by atoms with Crippen molar-refractivity contribution in [2.75, 3.05) is 13.1 Å². The second-order valence-corrected chi connectivity index (χ2v) is 3.63. The number of nitrogens with zero attached hydrogens (tertiary/aromatic N) is 3. The largest absolute Gasteiger partial charge is 0.347 e. The Labute approximate surface area is 92.2 Å². The summed E-state index contributed by atoms with van der Waals surface area (Å²) in [5, 5.41) is 8.97. The molecule has 1 aliphatic heterocycles. The van der Waals surface area contributed by atoms with Crippen LogP contribution in [-0.2, 0) is 16.1 Å². The van der Waals surface area contributed by atoms with E-state index in [0.717, 1.165) is 6.42 Å². The van der Waals surface area contributed by atoms with E-state index in [4.69, 9.17) is 0 Å². The van der Waals surface area contributed by atoms with Crippen LogP contribution in [0.3, 0.4) is 0 Å². The van der Waals surface area contributed by atoms with Crippen molar-refractivity contribution in [1.29, 1.82) is 0 Å². The summed E-state index contributed by atoms with van der Waals surface area (Å²) < 4.78 is 0. The molecule has 0 atom stereocenters. The summed E-state index contributed by atoms with van der Waals surface area (Å²) in [6.45, 7) is 1.11. The molecule has 0 aliphatic carbocycles. The molecule has 7 heteroatoms. The van der Waals surface area contributed by atoms with Gasteiger partial charge in [0.25, 0.3) is 0 Å². The van der Waals surface area contributed by atoms with Gasteiger partial charge >= 0.3 is 0 Å². The van der Waals surface area contributed by atoms with E-state index in [1.165, 1.54) is 6.33 Å². The summed E-state index contributed by atoms with van der Waals surface area (Å²) in [4.78, 5) is 28.2. The molecule has 7 nitrogen and oxygen atoms in total. The van der Waals surface area contributed by atoms with Crippen molar-refractivity contribution in [1.82, 2.24) is 25.4 Å². The van der Waals surface area contributed by atoms with E-state index in [0.29, 0.717) is 25.3 Å². The minimum absolute atomic E-state index is 0.0508. The molecule has 1 aromatic rings. The highest BCUT2D eigenvalue weighted by atomic mass is 16.2. The standard InChI is InChI=1S/C9H13N5O2/c15-8(5-14-3-1-2-9(14)16)10-4-7-11-6-12-13-7/h6H,1-5H2,(H,10,15)(H,11,12,13). The van der Waals surface area contributed by atoms with Crippen LogP contribution in [0.1, 0.15) is 18.7 Å². The first-order valence-electron chi connectivity index (χ1n) is 5.14. The van der Waals surface area contributed by atoms with Crippen LogP contribution in [0.5, 0.6) is 0 Å². The van der Waals surface area contributed by atoms with Gasteiger partial charge in [0.2, 0.25) is 11.8 Å². The van der Waals surface area contributed by atoms with E-state index >= 15 is 0 Å². The number of aromatic amines is 1. The first-order valence-corrected chi connectivity index (χ1v) is 5.14. The molecule has 1 saturated heterocycles. The molecule has 0 bridgehead atoms. The summed E-state index contributed by atoms with van der Waals surface area (Å²) >= 11 is 0. The third-order valence-electron chi connectivity index (χ3n) is 2.42. The monoisotopic (exact) mass is 223 g/mol. The molecular weight excluding hydrogens is 210 g/mol. The first kappa shape index (κ1) is 10.6. The van der Waals surface area contributed by atoms with Crippen molar-refractivity contribution in [3.05, 3.63) is 12.2 Å². The molecule has 1 aromatic heterocycles. The molecule has 0 aromatic carbocycles. The average Bonchev–Trinajstić information content (AvgIpc) is 2.88. The Morgan fingerprint density at radius 2 is 2.50 bits per heavy atom. The number of H-pyrrole nitrogens is 1. The highest BCUT2D eigenvalue weighted by molar-refractivity contribution is 5.85. The van der Waals surface area contributed by atoms with Gasteiger partial charge in [0.05, 0.1) is 13.1 Å². The lowest BCUT2D eigenvalue weighted by atomic mass is 10.4. The van der Waals surface area contributed by atoms with Crippen molar-refractivity contribution >= 4 is 11.8 Å². The maximum Gasteiger partial charge on any atom is 0.239 e. The highest BCUT2D eigenvalue weighted by Crippen LogP contribution is 2.08. The van der Waals surface area contributed by atoms with Crippen molar-refractivity contribution in [2.45, 2.75) is 19.4 Å². The third kappa shape index (κ3) is 2.56. The molecule has 0 saturated carbocycles. The third-order valence-corrected chi connectivity index (χ3v) is 2.42. The normalized spacial score (nSPS) is 15.5. The molecule has 1 fully saturated rings. The summed E-state index contributed by atoms with van der Waals surface area (Å²) in [5.74, 6) is 0.475. The van der Waals surface area contributed by atoms with Crippen LogP contribution in [0.2, 0.25) is 0 Å². The number of aromatic nitrogens is 3. The molecule has 0 spiro atoms. The lowest BCUT2D eigenvalue weighted by Gasteiger charge is -2.14. The van der Waals surface area contributed by atoms with Gasteiger partial charge < -0.3 is 10.2 Å². The fraction of sp³-hybridized carbons (Fsp3) is 0.556. The Bertz CT molecular complexity index is 375. The number of nitrogens with one attached hydrogen (secondary N) is 2. The summed E-state index contributed by atoms with van der Waals surface area (Å²) in [6.07, 6.45) is 2.77. The van der Waals surface area contributed by atoms with Gasteiger partial charge in [-0.15, -0.1) is 0 Å². The first-order chi connectivity index (χ1) is 7.75. The zero-order valence-electron chi connectivity index (χ0n) is 8.77. The molecule has 86 valence electrons. The topological polar surface area (TPSA) is 91.0 Å². The van der Waals surface area contributed by atoms with Gasteiger partial charge in [0, 0.05) is 13.0 Å². The van der Waals surface area contributed by atoms with E-state index < -0.39 is 0 Å². The average molecular weight is 223 g/mol. The number of carbonyl (C=O) groups is 2. The maximum atomic E-state index is 11.5. The minimum atomic E-state index is -0.174. The van der Waals surface area contributed by atoms with E-state index in [9.17, 15) is 9.59 Å². The second-order valence-electron chi connectivity index (χ2n) is 3.63. The summed E-state index contributed by atoms with van der Waals surface area (Å²) in [6, 6.07) is 0. The SMILES string of the molecule is O=C(CN1CCCC1=O)NCc1ncn[nH]1. The fourth-order valence-corrected chi connectivity index (χ4v) is 1.60. The van der Waals surface area contributed by atoms with Gasteiger partial charge in [0.15, 0.2) is 0 Å². The van der Waals surface area contributed by atoms with Crippen LogP contribution in [0, 0.1) is 0 Å². The van der Waals surface area contributed by atoms with Crippen LogP contribution in [0.15, 0.2) is 6.33 Å². The molecule has 16 heavy (non-hydrogen) atoms. The minimum Gasteiger partial charge on any atom is -0.347 e. The molecule has 0 unspecified atom stereocenters. The molecule has 0 radical (unpaired) electrons. The Hall–Kier alpha value is -1.92. The second kappa shape index (κ2) is 4.73. The van der Waals surface area contributed by atoms with Crippen LogP contribution < -0.4 is 5.32 Å². The molecule has 2 amide bonds. The Morgan fingerprint density at radius 1 is 1.62 bits per heavy atom. The van der Waals surface area contributed by atoms with Crippen molar-refractivity contribution < 1.29 is 9.59 Å². The van der Waals surface area contributed by atoms with E-state index in [2.05, 4.69) is 20.5 Å². The maximum absolute atomic E-state index is 11.5. The van der Waals surface area contributed by atoms with Crippen LogP contribution in [-0.4, -0.2) is 45.0 Å². The Kier molecular flexibility index (Phi) is 3.13. The van der Waals surface area contributed by atoms with Crippen molar-refractivity contribution in [2.24, 2.45) is 0 Å². The van der Waals surface area contributed by atoms with Gasteiger partial charge in [0.1, 0.15) is 12.2 Å². The predicted molar refractivity (Wildman–Crippen MR) is 54.0 cm³/mol. The fourth-order valence-electron chi connectivity index (χ4n) is 1.60. The zero-order chi connectivity index (χ0) is 11.4. The number of carbonyl (C=O) groups excluding carboxylic acids is 2. The lowest BCUT2D eigenvalue weighted by Crippen LogP contribution is -2.37. The van der Waals surface area contributed by atoms with Crippen molar-refractivity contribution in [3.8, 4) is 0 Å². The van der Waals surface area contributed by atoms with E-state index in [1.54, 1.807) is 4.90 Å². The molecular formula is C9H13N5O2. The van der Waals surface area contributed by atoms with Crippen LogP contribution >= 0.6 is 0 Å². The van der Waals surface area contributed by atoms with Crippen LogP contribution in [0.4, 0.5) is 0 Å². The van der Waals surface area contributed by atoms with Crippen LogP contribution in [0.25, 0.3) is 0 Å². The number of rotatable bonds is 4. The number of likely N-dealkylation sites (tertiary alicyclic amines) is 1. The van der Waals surface area contributed by atoms with Gasteiger partial charge in [-0.2, -0.15) is 5.10 Å². The molecule has 2 heterocycles. The number of hydrogen-bond donors (Lipinski definition) is 2. The summed E-state index contributed by atoms with van der Waals surface area (Å²) in [7, 11) is 0. The van der Waals surface area contributed by atoms with E-state index in [-0.39, 0.29) is 18.4 Å². The number of amides is 2. The zero-order valence-corrected chi connectivity index (χ0v) is 8.77. The molecule has 1 aliphatic rings. The smallest absolute Gasteiger partial charge is 0.239 e. The van der Waals surface area contributed by atoms with Gasteiger partial charge in [-0.05, 0) is 6.42 Å². The van der Waals surface area contributed by atoms with Gasteiger partial charge in [-0.3, -0.25) is 14.7 Å². The van der Waals surface area contributed by atoms with Gasteiger partial charge in [-0.25, -0.2) is 4.98 Å². The predicted octanol–water partition coefficient (Wildman–Crippen LogP) is -0.957. The lowest BCUT2D eigenvalue weighted by molar-refractivity contribution is -0.133. The Morgan fingerprint density at radius 3 is 3.12 bits per heavy atom. The van der Waals surface area contributed by atoms with E-state index in [1.807, 2.05) is 0 Å².